The van der Waals surface area contributed by atoms with Crippen molar-refractivity contribution in [2.24, 2.45) is 4.99 Å². The molecule has 2 aromatic carbocycles. The Labute approximate surface area is 261 Å². The summed E-state index contributed by atoms with van der Waals surface area (Å²) in [5.74, 6) is 0.428. The second kappa shape index (κ2) is 12.1. The zero-order valence-electron chi connectivity index (χ0n) is 24.5. The van der Waals surface area contributed by atoms with Gasteiger partial charge in [-0.15, -0.1) is 11.3 Å². The third-order valence-corrected chi connectivity index (χ3v) is 8.99. The lowest BCUT2D eigenvalue weighted by Gasteiger charge is -2.24. The monoisotopic (exact) mass is 623 g/mol. The van der Waals surface area contributed by atoms with Gasteiger partial charge in [-0.3, -0.25) is 14.2 Å². The van der Waals surface area contributed by atoms with Crippen LogP contribution in [0.2, 0.25) is 0 Å². The number of amides is 1. The first kappa shape index (κ1) is 29.3. The normalized spacial score (nSPS) is 14.8. The number of thiazole rings is 1. The van der Waals surface area contributed by atoms with E-state index in [0.29, 0.717) is 43.4 Å². The van der Waals surface area contributed by atoms with Crippen LogP contribution in [0.4, 0.5) is 5.69 Å². The van der Waals surface area contributed by atoms with Crippen LogP contribution >= 0.6 is 22.7 Å². The number of furan rings is 1. The number of nitrogens with zero attached hydrogens (tertiary/aromatic N) is 2. The summed E-state index contributed by atoms with van der Waals surface area (Å²) in [6, 6.07) is 21.4. The van der Waals surface area contributed by atoms with Gasteiger partial charge in [-0.25, -0.2) is 9.79 Å². The van der Waals surface area contributed by atoms with Crippen molar-refractivity contribution in [3.8, 4) is 11.3 Å². The summed E-state index contributed by atoms with van der Waals surface area (Å²) < 4.78 is 13.5. The Bertz CT molecular complexity index is 2080. The minimum Gasteiger partial charge on any atom is -0.459 e. The van der Waals surface area contributed by atoms with Gasteiger partial charge in [0.1, 0.15) is 17.6 Å². The Hall–Kier alpha value is -4.80. The fourth-order valence-electron chi connectivity index (χ4n) is 5.10. The van der Waals surface area contributed by atoms with E-state index in [2.05, 4.69) is 5.32 Å². The van der Waals surface area contributed by atoms with E-state index < -0.39 is 6.04 Å². The number of benzene rings is 2. The first-order valence-electron chi connectivity index (χ1n) is 14.0. The maximum Gasteiger partial charge on any atom is 0.338 e. The summed E-state index contributed by atoms with van der Waals surface area (Å²) in [4.78, 5) is 45.9. The number of anilines is 1. The molecule has 6 rings (SSSR count). The Morgan fingerprint density at radius 1 is 1.05 bits per heavy atom. The number of hydrogen-bond acceptors (Lipinski definition) is 8. The van der Waals surface area contributed by atoms with Crippen LogP contribution in [0.5, 0.6) is 0 Å². The molecule has 1 aliphatic rings. The average Bonchev–Trinajstić information content (AvgIpc) is 3.74. The number of rotatable bonds is 7. The molecule has 0 fully saturated rings. The van der Waals surface area contributed by atoms with Crippen molar-refractivity contribution in [3.63, 3.8) is 0 Å². The van der Waals surface area contributed by atoms with Gasteiger partial charge in [-0.2, -0.15) is 0 Å². The van der Waals surface area contributed by atoms with E-state index in [1.165, 1.54) is 22.7 Å². The highest BCUT2D eigenvalue weighted by atomic mass is 32.1. The van der Waals surface area contributed by atoms with Crippen LogP contribution in [-0.4, -0.2) is 22.5 Å². The van der Waals surface area contributed by atoms with E-state index in [1.807, 2.05) is 80.7 Å². The number of thiophene rings is 1. The van der Waals surface area contributed by atoms with Crippen LogP contribution in [0.1, 0.15) is 53.4 Å². The summed E-state index contributed by atoms with van der Waals surface area (Å²) in [7, 11) is 0. The molecule has 0 saturated heterocycles. The maximum atomic E-state index is 13.9. The molecule has 5 aromatic rings. The highest BCUT2D eigenvalue weighted by molar-refractivity contribution is 7.10. The molecule has 222 valence electrons. The van der Waals surface area contributed by atoms with Gasteiger partial charge in [-0.1, -0.05) is 41.7 Å². The molecular formula is C34H29N3O5S2. The summed E-state index contributed by atoms with van der Waals surface area (Å²) >= 11 is 2.74. The molecule has 0 unspecified atom stereocenters. The van der Waals surface area contributed by atoms with Gasteiger partial charge in [0.2, 0.25) is 0 Å². The molecule has 1 amide bonds. The smallest absolute Gasteiger partial charge is 0.338 e. The van der Waals surface area contributed by atoms with Crippen molar-refractivity contribution < 1.29 is 18.7 Å². The van der Waals surface area contributed by atoms with Gasteiger partial charge in [0.05, 0.1) is 27.5 Å². The Morgan fingerprint density at radius 3 is 2.55 bits per heavy atom. The first-order valence-corrected chi connectivity index (χ1v) is 15.7. The molecule has 0 aliphatic carbocycles. The zero-order valence-corrected chi connectivity index (χ0v) is 26.1. The van der Waals surface area contributed by atoms with Crippen LogP contribution in [0.15, 0.2) is 104 Å². The van der Waals surface area contributed by atoms with Crippen LogP contribution in [0, 0.1) is 6.92 Å². The van der Waals surface area contributed by atoms with E-state index >= 15 is 0 Å². The van der Waals surface area contributed by atoms with E-state index in [-0.39, 0.29) is 23.5 Å². The number of carbonyl (C=O) groups excluding carboxylic acids is 2. The lowest BCUT2D eigenvalue weighted by molar-refractivity contribution is -0.113. The van der Waals surface area contributed by atoms with Crippen molar-refractivity contribution in [3.05, 3.63) is 131 Å². The summed E-state index contributed by atoms with van der Waals surface area (Å²) in [5.41, 5.74) is 3.54. The van der Waals surface area contributed by atoms with E-state index in [9.17, 15) is 14.4 Å². The number of para-hydroxylation sites is 1. The van der Waals surface area contributed by atoms with Gasteiger partial charge in [0.25, 0.3) is 11.5 Å². The highest BCUT2D eigenvalue weighted by Gasteiger charge is 2.33. The van der Waals surface area contributed by atoms with Gasteiger partial charge < -0.3 is 14.5 Å². The molecule has 1 atom stereocenters. The minimum atomic E-state index is -0.618. The molecule has 1 N–H and O–H groups in total. The summed E-state index contributed by atoms with van der Waals surface area (Å²) in [5, 5.41) is 4.89. The Balaban J connectivity index is 1.35. The third-order valence-electron chi connectivity index (χ3n) is 7.08. The number of allylic oxidation sites excluding steroid dienone is 1. The largest absolute Gasteiger partial charge is 0.459 e. The van der Waals surface area contributed by atoms with Crippen molar-refractivity contribution in [1.29, 1.82) is 0 Å². The fraction of sp³-hybridized carbons (Fsp3) is 0.176. The van der Waals surface area contributed by atoms with Crippen LogP contribution in [0.3, 0.4) is 0 Å². The number of esters is 1. The van der Waals surface area contributed by atoms with E-state index in [1.54, 1.807) is 35.8 Å². The van der Waals surface area contributed by atoms with Gasteiger partial charge in [0, 0.05) is 22.2 Å². The summed E-state index contributed by atoms with van der Waals surface area (Å²) in [6.07, 6.45) is 1.50. The predicted octanol–water partition coefficient (Wildman–Crippen LogP) is 6.07. The standard InChI is InChI=1S/C34H29N3O5S2/c1-19(2)41-33(40)22-12-14-25(20(3)17-22)26-15-13-24(42-26)18-28-32(39)37-30(27-11-8-16-43-27)29(21(4)35-34(37)44-28)31(38)36-23-9-6-5-7-10-23/h5-19,30H,1-4H3,(H,36,38)/b28-18+/t30-/m1/s1. The minimum absolute atomic E-state index is 0.205. The number of hydrogen-bond donors (Lipinski definition) is 1. The fourth-order valence-corrected chi connectivity index (χ4v) is 6.95. The Morgan fingerprint density at radius 2 is 1.84 bits per heavy atom. The topological polar surface area (TPSA) is 103 Å². The zero-order chi connectivity index (χ0) is 31.0. The molecule has 44 heavy (non-hydrogen) atoms. The van der Waals surface area contributed by atoms with Gasteiger partial charge in [0.15, 0.2) is 4.80 Å². The number of carbonyl (C=O) groups is 2. The second-order valence-electron chi connectivity index (χ2n) is 10.6. The highest BCUT2D eigenvalue weighted by Crippen LogP contribution is 2.33. The maximum absolute atomic E-state index is 13.9. The SMILES string of the molecule is CC1=C(C(=O)Nc2ccccc2)[C@@H](c2cccs2)n2c(s/c(=C/c3ccc(-c4ccc(C(=O)OC(C)C)cc4C)o3)c2=O)=N1. The molecular weight excluding hydrogens is 595 g/mol. The number of fused-ring (bicyclic) bond motifs is 1. The van der Waals surface area contributed by atoms with Crippen molar-refractivity contribution in [1.82, 2.24) is 4.57 Å². The van der Waals surface area contributed by atoms with Crippen LogP contribution < -0.4 is 20.2 Å². The Kier molecular flexibility index (Phi) is 8.03. The number of aromatic nitrogens is 1. The molecule has 0 radical (unpaired) electrons. The third kappa shape index (κ3) is 5.73. The number of nitrogens with one attached hydrogen (secondary N) is 1. The molecule has 0 spiro atoms. The average molecular weight is 624 g/mol. The molecule has 10 heteroatoms. The van der Waals surface area contributed by atoms with E-state index in [0.717, 1.165) is 16.0 Å². The second-order valence-corrected chi connectivity index (χ2v) is 12.6. The molecule has 3 aromatic heterocycles. The van der Waals surface area contributed by atoms with Crippen LogP contribution in [-0.2, 0) is 9.53 Å². The van der Waals surface area contributed by atoms with Gasteiger partial charge in [-0.05, 0) is 81.1 Å². The molecule has 4 heterocycles. The molecule has 8 nitrogen and oxygen atoms in total. The van der Waals surface area contributed by atoms with E-state index in [4.69, 9.17) is 14.1 Å². The first-order chi connectivity index (χ1) is 21.2. The predicted molar refractivity (Wildman–Crippen MR) is 173 cm³/mol. The quantitative estimate of drug-likeness (QED) is 0.222. The number of aryl methyl sites for hydroxylation is 1. The van der Waals surface area contributed by atoms with Crippen molar-refractivity contribution in [2.45, 2.75) is 39.8 Å². The number of ether oxygens (including phenoxy) is 1. The van der Waals surface area contributed by atoms with Crippen molar-refractivity contribution in [2.75, 3.05) is 5.32 Å². The lowest BCUT2D eigenvalue weighted by Crippen LogP contribution is -2.40. The van der Waals surface area contributed by atoms with Gasteiger partial charge >= 0.3 is 5.97 Å². The molecule has 1 aliphatic heterocycles. The molecule has 0 saturated carbocycles. The lowest BCUT2D eigenvalue weighted by atomic mass is 10.0. The van der Waals surface area contributed by atoms with Crippen LogP contribution in [0.25, 0.3) is 17.4 Å². The summed E-state index contributed by atoms with van der Waals surface area (Å²) in [6.45, 7) is 7.32. The van der Waals surface area contributed by atoms with Crippen molar-refractivity contribution >= 4 is 46.3 Å². The molecule has 0 bridgehead atoms.